The van der Waals surface area contributed by atoms with Crippen molar-refractivity contribution in [2.24, 2.45) is 11.7 Å². The summed E-state index contributed by atoms with van der Waals surface area (Å²) in [7, 11) is 1.91. The second kappa shape index (κ2) is 5.25. The predicted octanol–water partition coefficient (Wildman–Crippen LogP) is 1.90. The van der Waals surface area contributed by atoms with Gasteiger partial charge in [0.1, 0.15) is 0 Å². The van der Waals surface area contributed by atoms with Crippen molar-refractivity contribution in [2.75, 3.05) is 20.1 Å². The Kier molecular flexibility index (Phi) is 4.42. The molecule has 1 atom stereocenters. The molecule has 1 unspecified atom stereocenters. The van der Waals surface area contributed by atoms with Crippen molar-refractivity contribution in [2.45, 2.75) is 52.1 Å². The first-order chi connectivity index (χ1) is 7.79. The lowest BCUT2D eigenvalue weighted by atomic mass is 9.97. The summed E-state index contributed by atoms with van der Waals surface area (Å²) in [6, 6.07) is 0.494. The zero-order valence-electron chi connectivity index (χ0n) is 11.9. The first-order valence-electron chi connectivity index (χ1n) is 6.54. The van der Waals surface area contributed by atoms with E-state index >= 15 is 0 Å². The lowest BCUT2D eigenvalue weighted by Gasteiger charge is -2.34. The summed E-state index contributed by atoms with van der Waals surface area (Å²) < 4.78 is 0. The van der Waals surface area contributed by atoms with Gasteiger partial charge in [0.05, 0.1) is 6.04 Å². The topological polar surface area (TPSA) is 49.6 Å². The molecular formula is C13H27N3O. The van der Waals surface area contributed by atoms with Crippen LogP contribution in [0.2, 0.25) is 0 Å². The van der Waals surface area contributed by atoms with Gasteiger partial charge in [0, 0.05) is 19.1 Å². The molecule has 4 nitrogen and oxygen atoms in total. The van der Waals surface area contributed by atoms with Crippen LogP contribution in [0.5, 0.6) is 0 Å². The highest BCUT2D eigenvalue weighted by molar-refractivity contribution is 5.77. The summed E-state index contributed by atoms with van der Waals surface area (Å²) in [6.45, 7) is 10.1. The highest BCUT2D eigenvalue weighted by Crippen LogP contribution is 2.28. The fraction of sp³-hybridized carbons (Fsp3) is 0.923. The smallest absolute Gasteiger partial charge is 0.320 e. The van der Waals surface area contributed by atoms with Crippen LogP contribution in [0.15, 0.2) is 0 Å². The van der Waals surface area contributed by atoms with Crippen LogP contribution < -0.4 is 5.73 Å². The average molecular weight is 241 g/mol. The molecule has 1 fully saturated rings. The number of urea groups is 1. The van der Waals surface area contributed by atoms with Gasteiger partial charge in [0.25, 0.3) is 0 Å². The maximum absolute atomic E-state index is 12.2. The Morgan fingerprint density at radius 1 is 1.47 bits per heavy atom. The molecule has 0 aliphatic carbocycles. The van der Waals surface area contributed by atoms with Crippen molar-refractivity contribution in [1.82, 2.24) is 9.80 Å². The van der Waals surface area contributed by atoms with E-state index in [9.17, 15) is 4.79 Å². The van der Waals surface area contributed by atoms with Crippen LogP contribution in [0.25, 0.3) is 0 Å². The van der Waals surface area contributed by atoms with Gasteiger partial charge >= 0.3 is 6.03 Å². The Morgan fingerprint density at radius 2 is 2.06 bits per heavy atom. The third-order valence-corrected chi connectivity index (χ3v) is 3.70. The third kappa shape index (κ3) is 3.12. The van der Waals surface area contributed by atoms with E-state index in [0.29, 0.717) is 18.5 Å². The number of likely N-dealkylation sites (N-methyl/N-ethyl adjacent to an activating group) is 1. The number of carbonyl (C=O) groups is 1. The van der Waals surface area contributed by atoms with E-state index < -0.39 is 0 Å². The number of amides is 2. The fourth-order valence-electron chi connectivity index (χ4n) is 2.53. The molecule has 0 aromatic carbocycles. The minimum absolute atomic E-state index is 0.133. The van der Waals surface area contributed by atoms with E-state index in [2.05, 4.69) is 27.7 Å². The largest absolute Gasteiger partial charge is 0.330 e. The molecule has 0 radical (unpaired) electrons. The summed E-state index contributed by atoms with van der Waals surface area (Å²) in [5.41, 5.74) is 5.49. The summed E-state index contributed by atoms with van der Waals surface area (Å²) in [6.07, 6.45) is 1.92. The zero-order valence-corrected chi connectivity index (χ0v) is 11.9. The van der Waals surface area contributed by atoms with Gasteiger partial charge in [0.15, 0.2) is 0 Å². The molecule has 2 N–H and O–H groups in total. The van der Waals surface area contributed by atoms with Gasteiger partial charge in [-0.3, -0.25) is 0 Å². The molecule has 2 amide bonds. The summed E-state index contributed by atoms with van der Waals surface area (Å²) in [4.78, 5) is 16.1. The molecule has 1 saturated heterocycles. The van der Waals surface area contributed by atoms with E-state index in [1.165, 1.54) is 0 Å². The fourth-order valence-corrected chi connectivity index (χ4v) is 2.53. The first-order valence-corrected chi connectivity index (χ1v) is 6.54. The quantitative estimate of drug-likeness (QED) is 0.799. The highest BCUT2D eigenvalue weighted by Gasteiger charge is 2.41. The molecule has 0 spiro atoms. The minimum atomic E-state index is -0.133. The van der Waals surface area contributed by atoms with Crippen LogP contribution in [0.4, 0.5) is 4.79 Å². The number of carbonyl (C=O) groups excluding carboxylic acids is 1. The molecule has 0 aromatic rings. The molecule has 1 aliphatic rings. The molecule has 1 aliphatic heterocycles. The number of nitrogens with zero attached hydrogens (tertiary/aromatic N) is 2. The van der Waals surface area contributed by atoms with Gasteiger partial charge in [-0.2, -0.15) is 0 Å². The summed E-state index contributed by atoms with van der Waals surface area (Å²) in [5.74, 6) is 0.618. The van der Waals surface area contributed by atoms with Gasteiger partial charge in [-0.05, 0) is 39.2 Å². The Morgan fingerprint density at radius 3 is 2.53 bits per heavy atom. The Labute approximate surface area is 105 Å². The van der Waals surface area contributed by atoms with E-state index in [0.717, 1.165) is 19.4 Å². The van der Waals surface area contributed by atoms with Crippen molar-refractivity contribution in [3.8, 4) is 0 Å². The minimum Gasteiger partial charge on any atom is -0.330 e. The molecule has 0 aromatic heterocycles. The van der Waals surface area contributed by atoms with Crippen LogP contribution >= 0.6 is 0 Å². The number of hydrogen-bond donors (Lipinski definition) is 1. The normalized spacial score (nSPS) is 21.8. The molecule has 1 rings (SSSR count). The molecule has 1 heterocycles. The van der Waals surface area contributed by atoms with Gasteiger partial charge in [0.2, 0.25) is 0 Å². The van der Waals surface area contributed by atoms with Gasteiger partial charge in [-0.15, -0.1) is 0 Å². The Bertz CT molecular complexity index is 276. The molecule has 0 saturated carbocycles. The van der Waals surface area contributed by atoms with E-state index in [1.54, 1.807) is 0 Å². The van der Waals surface area contributed by atoms with Crippen LogP contribution in [-0.2, 0) is 0 Å². The molecule has 4 heteroatoms. The van der Waals surface area contributed by atoms with Crippen molar-refractivity contribution >= 4 is 6.03 Å². The Balaban J connectivity index is 2.74. The van der Waals surface area contributed by atoms with E-state index in [-0.39, 0.29) is 11.6 Å². The predicted molar refractivity (Wildman–Crippen MR) is 70.9 cm³/mol. The maximum Gasteiger partial charge on any atom is 0.320 e. The van der Waals surface area contributed by atoms with Crippen LogP contribution in [0.1, 0.15) is 40.5 Å². The van der Waals surface area contributed by atoms with Crippen LogP contribution in [-0.4, -0.2) is 47.5 Å². The number of rotatable bonds is 5. The Hall–Kier alpha value is -0.770. The average Bonchev–Trinajstić information content (AvgIpc) is 2.46. The lowest BCUT2D eigenvalue weighted by molar-refractivity contribution is 0.145. The monoisotopic (exact) mass is 241 g/mol. The molecule has 0 bridgehead atoms. The second-order valence-electron chi connectivity index (χ2n) is 6.14. The van der Waals surface area contributed by atoms with Gasteiger partial charge < -0.3 is 15.5 Å². The SMILES string of the molecule is CC(C)CC1CN(C(C)(C)CCN)C(=O)N1C. The number of nitrogens with two attached hydrogens (primary N) is 1. The van der Waals surface area contributed by atoms with Crippen molar-refractivity contribution in [1.29, 1.82) is 0 Å². The standard InChI is InChI=1S/C13H27N3O/c1-10(2)8-11-9-16(12(17)15(11)5)13(3,4)6-7-14/h10-11H,6-9,14H2,1-5H3. The van der Waals surface area contributed by atoms with Crippen LogP contribution in [0, 0.1) is 5.92 Å². The van der Waals surface area contributed by atoms with Crippen molar-refractivity contribution in [3.63, 3.8) is 0 Å². The number of hydrogen-bond acceptors (Lipinski definition) is 2. The first kappa shape index (κ1) is 14.3. The van der Waals surface area contributed by atoms with Gasteiger partial charge in [-0.25, -0.2) is 4.79 Å². The molecular weight excluding hydrogens is 214 g/mol. The summed E-state index contributed by atoms with van der Waals surface area (Å²) in [5, 5.41) is 0. The molecule has 100 valence electrons. The zero-order chi connectivity index (χ0) is 13.2. The summed E-state index contributed by atoms with van der Waals surface area (Å²) >= 11 is 0. The second-order valence-corrected chi connectivity index (χ2v) is 6.14. The highest BCUT2D eigenvalue weighted by atomic mass is 16.2. The van der Waals surface area contributed by atoms with Crippen molar-refractivity contribution < 1.29 is 4.79 Å². The molecule has 17 heavy (non-hydrogen) atoms. The third-order valence-electron chi connectivity index (χ3n) is 3.70. The van der Waals surface area contributed by atoms with Gasteiger partial charge in [-0.1, -0.05) is 13.8 Å². The maximum atomic E-state index is 12.2. The lowest BCUT2D eigenvalue weighted by Crippen LogP contribution is -2.47. The van der Waals surface area contributed by atoms with E-state index in [1.807, 2.05) is 16.8 Å². The van der Waals surface area contributed by atoms with Crippen LogP contribution in [0.3, 0.4) is 0 Å². The van der Waals surface area contributed by atoms with Crippen molar-refractivity contribution in [3.05, 3.63) is 0 Å². The van der Waals surface area contributed by atoms with E-state index in [4.69, 9.17) is 5.73 Å².